The normalized spacial score (nSPS) is 12.8. The molecule has 7 nitrogen and oxygen atoms in total. The summed E-state index contributed by atoms with van der Waals surface area (Å²) in [4.78, 5) is 31.0. The molecule has 1 amide bonds. The Morgan fingerprint density at radius 1 is 1.11 bits per heavy atom. The number of amides is 1. The molecule has 0 spiro atoms. The molecule has 0 saturated heterocycles. The summed E-state index contributed by atoms with van der Waals surface area (Å²) in [5, 5.41) is 9.26. The fourth-order valence-corrected chi connectivity index (χ4v) is 3.51. The van der Waals surface area contributed by atoms with Crippen LogP contribution in [0.25, 0.3) is 0 Å². The molecule has 1 aromatic carbocycles. The summed E-state index contributed by atoms with van der Waals surface area (Å²) in [7, 11) is 0. The van der Waals surface area contributed by atoms with Crippen LogP contribution in [0.5, 0.6) is 17.4 Å². The largest absolute Gasteiger partial charge is 0.483 e. The Labute approximate surface area is 219 Å². The molecule has 200 valence electrons. The molecule has 2 atom stereocenters. The number of hydrogen-bond acceptors (Lipinski definition) is 6. The molecule has 0 fully saturated rings. The van der Waals surface area contributed by atoms with Gasteiger partial charge < -0.3 is 14.4 Å². The van der Waals surface area contributed by atoms with Gasteiger partial charge in [-0.1, -0.05) is 38.3 Å². The second-order valence-corrected chi connectivity index (χ2v) is 8.75. The lowest BCUT2D eigenvalue weighted by Gasteiger charge is -2.25. The molecular weight excluding hydrogens is 511 g/mol. The first kappa shape index (κ1) is 29.9. The monoisotopic (exact) mass is 539 g/mol. The average molecular weight is 540 g/mol. The Morgan fingerprint density at radius 2 is 1.68 bits per heavy atom. The van der Waals surface area contributed by atoms with Crippen LogP contribution >= 0.6 is 11.6 Å². The Hall–Kier alpha value is -3.32. The highest BCUT2D eigenvalue weighted by Crippen LogP contribution is 2.35. The van der Waals surface area contributed by atoms with E-state index in [1.54, 1.807) is 4.90 Å². The molecule has 0 aliphatic rings. The number of nitriles is 1. The van der Waals surface area contributed by atoms with Crippen molar-refractivity contribution in [3.8, 4) is 23.4 Å². The molecule has 2 aromatic rings. The zero-order valence-corrected chi connectivity index (χ0v) is 21.6. The van der Waals surface area contributed by atoms with Crippen LogP contribution in [-0.2, 0) is 15.8 Å². The highest BCUT2D eigenvalue weighted by molar-refractivity contribution is 6.31. The zero-order valence-electron chi connectivity index (χ0n) is 20.8. The van der Waals surface area contributed by atoms with Crippen LogP contribution in [-0.4, -0.2) is 40.8 Å². The number of unbranched alkanes of at least 4 members (excludes halogenated alkanes) is 2. The van der Waals surface area contributed by atoms with Gasteiger partial charge in [-0.3, -0.25) is 9.59 Å². The van der Waals surface area contributed by atoms with Crippen LogP contribution < -0.4 is 9.47 Å². The molecule has 0 aliphatic carbocycles. The standard InChI is InChI=1S/C26H29ClF3N3O4/c1-4-6-12-33(13-7-5-2)25(35)21(15-31)23(34)17(3)36-19-8-10-20(11-9-19)37-24-22(27)14-18(16-32-24)26(28,29)30/h8-11,14,16-17,21H,4-7,12-13H2,1-3H3. The third-order valence-electron chi connectivity index (χ3n) is 5.42. The van der Waals surface area contributed by atoms with Crippen molar-refractivity contribution in [3.05, 3.63) is 47.1 Å². The minimum Gasteiger partial charge on any atom is -0.483 e. The van der Waals surface area contributed by atoms with Crippen molar-refractivity contribution in [2.75, 3.05) is 13.1 Å². The van der Waals surface area contributed by atoms with E-state index in [9.17, 15) is 28.0 Å². The molecule has 1 heterocycles. The fourth-order valence-electron chi connectivity index (χ4n) is 3.30. The van der Waals surface area contributed by atoms with E-state index in [1.807, 2.05) is 19.9 Å². The van der Waals surface area contributed by atoms with E-state index in [1.165, 1.54) is 31.2 Å². The maximum Gasteiger partial charge on any atom is 0.417 e. The maximum atomic E-state index is 12.9. The van der Waals surface area contributed by atoms with E-state index >= 15 is 0 Å². The molecular formula is C26H29ClF3N3O4. The number of benzene rings is 1. The van der Waals surface area contributed by atoms with Gasteiger partial charge in [0.15, 0.2) is 17.8 Å². The summed E-state index contributed by atoms with van der Waals surface area (Å²) < 4.78 is 49.4. The molecule has 0 N–H and O–H groups in total. The highest BCUT2D eigenvalue weighted by Gasteiger charge is 2.34. The van der Waals surface area contributed by atoms with Gasteiger partial charge in [0.25, 0.3) is 0 Å². The third kappa shape index (κ3) is 8.64. The quantitative estimate of drug-likeness (QED) is 0.272. The molecule has 2 unspecified atom stereocenters. The first-order valence-electron chi connectivity index (χ1n) is 11.9. The summed E-state index contributed by atoms with van der Waals surface area (Å²) in [5.74, 6) is -2.37. The molecule has 37 heavy (non-hydrogen) atoms. The lowest BCUT2D eigenvalue weighted by atomic mass is 9.99. The number of hydrogen-bond donors (Lipinski definition) is 0. The van der Waals surface area contributed by atoms with Crippen molar-refractivity contribution in [1.29, 1.82) is 5.26 Å². The second kappa shape index (κ2) is 13.8. The van der Waals surface area contributed by atoms with Crippen LogP contribution in [0, 0.1) is 17.2 Å². The van der Waals surface area contributed by atoms with Gasteiger partial charge in [0.05, 0.1) is 11.6 Å². The van der Waals surface area contributed by atoms with Crippen molar-refractivity contribution in [3.63, 3.8) is 0 Å². The molecule has 0 aliphatic heterocycles. The van der Waals surface area contributed by atoms with E-state index in [4.69, 9.17) is 21.1 Å². The second-order valence-electron chi connectivity index (χ2n) is 8.34. The van der Waals surface area contributed by atoms with Gasteiger partial charge >= 0.3 is 6.18 Å². The Morgan fingerprint density at radius 3 is 2.16 bits per heavy atom. The molecule has 11 heteroatoms. The van der Waals surface area contributed by atoms with Gasteiger partial charge in [0, 0.05) is 19.3 Å². The minimum absolute atomic E-state index is 0.210. The predicted octanol–water partition coefficient (Wildman–Crippen LogP) is 6.45. The molecule has 1 aromatic heterocycles. The number of halogens is 4. The number of carbonyl (C=O) groups excluding carboxylic acids is 2. The van der Waals surface area contributed by atoms with Gasteiger partial charge in [-0.05, 0) is 50.1 Å². The number of Topliss-reactive ketones (excluding diaryl/α,β-unsaturated/α-hetero) is 1. The Kier molecular flexibility index (Phi) is 11.2. The van der Waals surface area contributed by atoms with Gasteiger partial charge in [0.2, 0.25) is 11.8 Å². The number of nitrogens with zero attached hydrogens (tertiary/aromatic N) is 3. The van der Waals surface area contributed by atoms with E-state index in [0.29, 0.717) is 25.4 Å². The van der Waals surface area contributed by atoms with Crippen LogP contribution in [0.3, 0.4) is 0 Å². The van der Waals surface area contributed by atoms with Gasteiger partial charge in [0.1, 0.15) is 16.5 Å². The van der Waals surface area contributed by atoms with E-state index in [2.05, 4.69) is 4.98 Å². The van der Waals surface area contributed by atoms with E-state index in [0.717, 1.165) is 25.7 Å². The fraction of sp³-hybridized carbons (Fsp3) is 0.462. The van der Waals surface area contributed by atoms with Crippen molar-refractivity contribution < 1.29 is 32.2 Å². The van der Waals surface area contributed by atoms with Crippen LogP contribution in [0.1, 0.15) is 52.0 Å². The average Bonchev–Trinajstić information content (AvgIpc) is 2.86. The van der Waals surface area contributed by atoms with Crippen molar-refractivity contribution >= 4 is 23.3 Å². The number of ether oxygens (including phenoxy) is 2. The van der Waals surface area contributed by atoms with Crippen LogP contribution in [0.2, 0.25) is 5.02 Å². The summed E-state index contributed by atoms with van der Waals surface area (Å²) in [6.07, 6.45) is -1.75. The van der Waals surface area contributed by atoms with Gasteiger partial charge in [-0.25, -0.2) is 4.98 Å². The third-order valence-corrected chi connectivity index (χ3v) is 5.69. The molecule has 0 saturated carbocycles. The summed E-state index contributed by atoms with van der Waals surface area (Å²) in [5.41, 5.74) is -1.000. The highest BCUT2D eigenvalue weighted by atomic mass is 35.5. The summed E-state index contributed by atoms with van der Waals surface area (Å²) in [6, 6.07) is 8.38. The first-order chi connectivity index (χ1) is 17.5. The number of ketones is 1. The summed E-state index contributed by atoms with van der Waals surface area (Å²) >= 11 is 5.86. The number of rotatable bonds is 13. The lowest BCUT2D eigenvalue weighted by molar-refractivity contribution is -0.141. The zero-order chi connectivity index (χ0) is 27.6. The predicted molar refractivity (Wildman–Crippen MR) is 131 cm³/mol. The number of aromatic nitrogens is 1. The minimum atomic E-state index is -4.58. The van der Waals surface area contributed by atoms with Crippen molar-refractivity contribution in [2.45, 2.75) is 58.7 Å². The maximum absolute atomic E-state index is 12.9. The first-order valence-corrected chi connectivity index (χ1v) is 12.3. The van der Waals surface area contributed by atoms with Crippen LogP contribution in [0.15, 0.2) is 36.5 Å². The SMILES string of the molecule is CCCCN(CCCC)C(=O)C(C#N)C(=O)C(C)Oc1ccc(Oc2ncc(C(F)(F)F)cc2Cl)cc1. The van der Waals surface area contributed by atoms with Gasteiger partial charge in [-0.2, -0.15) is 18.4 Å². The number of pyridine rings is 1. The Balaban J connectivity index is 2.05. The number of carbonyl (C=O) groups is 2. The molecule has 0 radical (unpaired) electrons. The molecule has 2 rings (SSSR count). The van der Waals surface area contributed by atoms with Crippen LogP contribution in [0.4, 0.5) is 13.2 Å². The molecule has 0 bridgehead atoms. The van der Waals surface area contributed by atoms with E-state index < -0.39 is 35.5 Å². The van der Waals surface area contributed by atoms with Crippen molar-refractivity contribution in [1.82, 2.24) is 9.88 Å². The number of alkyl halides is 3. The summed E-state index contributed by atoms with van der Waals surface area (Å²) in [6.45, 7) is 6.41. The lowest BCUT2D eigenvalue weighted by Crippen LogP contribution is -2.43. The van der Waals surface area contributed by atoms with Gasteiger partial charge in [-0.15, -0.1) is 0 Å². The topological polar surface area (TPSA) is 92.5 Å². The van der Waals surface area contributed by atoms with E-state index in [-0.39, 0.29) is 22.4 Å². The smallest absolute Gasteiger partial charge is 0.417 e. The van der Waals surface area contributed by atoms with Crippen molar-refractivity contribution in [2.24, 2.45) is 5.92 Å². The Bertz CT molecular complexity index is 1100.